The zero-order valence-corrected chi connectivity index (χ0v) is 21.9. The maximum atomic E-state index is 13.9. The minimum absolute atomic E-state index is 0.0218. The number of hydrogen-bond acceptors (Lipinski definition) is 4. The van der Waals surface area contributed by atoms with Gasteiger partial charge in [-0.05, 0) is 69.8 Å². The van der Waals surface area contributed by atoms with Crippen LogP contribution in [0.25, 0.3) is 0 Å². The first-order valence-corrected chi connectivity index (χ1v) is 12.8. The number of carbonyl (C=O) groups is 2. The van der Waals surface area contributed by atoms with E-state index in [0.29, 0.717) is 50.1 Å². The largest absolute Gasteiger partial charge is 0.339 e. The average molecular weight is 503 g/mol. The Labute approximate surface area is 218 Å². The van der Waals surface area contributed by atoms with Crippen molar-refractivity contribution in [1.29, 1.82) is 0 Å². The number of aromatic nitrogens is 1. The van der Waals surface area contributed by atoms with Gasteiger partial charge in [0.2, 0.25) is 0 Å². The van der Waals surface area contributed by atoms with E-state index in [-0.39, 0.29) is 17.7 Å². The Morgan fingerprint density at radius 2 is 1.70 bits per heavy atom. The van der Waals surface area contributed by atoms with Crippen molar-refractivity contribution in [2.45, 2.75) is 32.2 Å². The summed E-state index contributed by atoms with van der Waals surface area (Å²) in [7, 11) is 4.01. The summed E-state index contributed by atoms with van der Waals surface area (Å²) in [6.07, 6.45) is 1.41. The molecular weight excluding hydrogens is 467 g/mol. The summed E-state index contributed by atoms with van der Waals surface area (Å²) in [4.78, 5) is 37.4. The van der Waals surface area contributed by atoms with E-state index in [2.05, 4.69) is 4.90 Å². The van der Waals surface area contributed by atoms with Crippen molar-refractivity contribution < 1.29 is 14.0 Å². The van der Waals surface area contributed by atoms with Gasteiger partial charge >= 0.3 is 0 Å². The highest BCUT2D eigenvalue weighted by Crippen LogP contribution is 2.31. The van der Waals surface area contributed by atoms with Crippen LogP contribution < -0.4 is 0 Å². The van der Waals surface area contributed by atoms with Gasteiger partial charge in [0.1, 0.15) is 5.82 Å². The lowest BCUT2D eigenvalue weighted by Gasteiger charge is -2.33. The normalized spacial score (nSPS) is 14.1. The summed E-state index contributed by atoms with van der Waals surface area (Å²) >= 11 is 0. The number of nitrogens with zero attached hydrogens (tertiary/aromatic N) is 4. The molecule has 194 valence electrons. The second-order valence-electron chi connectivity index (χ2n) is 9.98. The van der Waals surface area contributed by atoms with Gasteiger partial charge in [-0.1, -0.05) is 36.4 Å². The molecule has 1 aromatic heterocycles. The van der Waals surface area contributed by atoms with Crippen molar-refractivity contribution in [3.05, 3.63) is 101 Å². The van der Waals surface area contributed by atoms with Gasteiger partial charge < -0.3 is 14.7 Å². The number of benzene rings is 2. The molecule has 2 amide bonds. The van der Waals surface area contributed by atoms with Gasteiger partial charge in [-0.2, -0.15) is 0 Å². The zero-order valence-electron chi connectivity index (χ0n) is 21.9. The van der Waals surface area contributed by atoms with Crippen LogP contribution in [0.1, 0.15) is 56.4 Å². The Kier molecular flexibility index (Phi) is 8.66. The summed E-state index contributed by atoms with van der Waals surface area (Å²) in [5.74, 6) is -0.527. The third-order valence-corrected chi connectivity index (χ3v) is 6.86. The summed E-state index contributed by atoms with van der Waals surface area (Å²) in [5.41, 5.74) is 3.76. The molecule has 37 heavy (non-hydrogen) atoms. The smallest absolute Gasteiger partial charge is 0.256 e. The number of carbonyl (C=O) groups excluding carboxylic acids is 2. The predicted molar refractivity (Wildman–Crippen MR) is 143 cm³/mol. The molecule has 4 rings (SSSR count). The van der Waals surface area contributed by atoms with E-state index in [1.54, 1.807) is 17.0 Å². The van der Waals surface area contributed by atoms with Gasteiger partial charge in [-0.25, -0.2) is 4.39 Å². The molecule has 3 aromatic rings. The van der Waals surface area contributed by atoms with E-state index in [4.69, 9.17) is 4.98 Å². The fourth-order valence-electron chi connectivity index (χ4n) is 4.78. The third kappa shape index (κ3) is 6.80. The first-order chi connectivity index (χ1) is 17.8. The van der Waals surface area contributed by atoms with Crippen molar-refractivity contribution >= 4 is 11.8 Å². The number of likely N-dealkylation sites (tertiary alicyclic amines) is 1. The van der Waals surface area contributed by atoms with Crippen molar-refractivity contribution in [2.75, 3.05) is 40.3 Å². The van der Waals surface area contributed by atoms with Crippen LogP contribution in [0.15, 0.2) is 66.7 Å². The SMILES string of the molecule is Cc1ccc(C(=O)N(CCN(C)C)Cc2ccccc2)c(C2CCN(C(=O)c3cccc(F)c3)CC2)n1. The predicted octanol–water partition coefficient (Wildman–Crippen LogP) is 4.75. The van der Waals surface area contributed by atoms with Crippen LogP contribution in [0.5, 0.6) is 0 Å². The molecule has 1 saturated heterocycles. The van der Waals surface area contributed by atoms with E-state index in [0.717, 1.165) is 23.5 Å². The summed E-state index contributed by atoms with van der Waals surface area (Å²) in [6.45, 7) is 4.91. The van der Waals surface area contributed by atoms with E-state index < -0.39 is 5.82 Å². The highest BCUT2D eigenvalue weighted by Gasteiger charge is 2.30. The fraction of sp³-hybridized carbons (Fsp3) is 0.367. The van der Waals surface area contributed by atoms with Gasteiger partial charge in [0.15, 0.2) is 0 Å². The van der Waals surface area contributed by atoms with Gasteiger partial charge in [0.25, 0.3) is 11.8 Å². The lowest BCUT2D eigenvalue weighted by Crippen LogP contribution is -2.39. The number of pyridine rings is 1. The Hall–Kier alpha value is -3.58. The molecule has 0 saturated carbocycles. The molecule has 0 N–H and O–H groups in total. The van der Waals surface area contributed by atoms with Crippen molar-refractivity contribution in [1.82, 2.24) is 19.7 Å². The maximum Gasteiger partial charge on any atom is 0.256 e. The lowest BCUT2D eigenvalue weighted by atomic mass is 9.89. The molecule has 0 spiro atoms. The molecule has 1 fully saturated rings. The van der Waals surface area contributed by atoms with E-state index in [1.807, 2.05) is 68.4 Å². The minimum atomic E-state index is -0.415. The second kappa shape index (κ2) is 12.1. The third-order valence-electron chi connectivity index (χ3n) is 6.86. The number of amides is 2. The van der Waals surface area contributed by atoms with E-state index in [1.165, 1.54) is 12.1 Å². The van der Waals surface area contributed by atoms with Crippen LogP contribution in [0, 0.1) is 12.7 Å². The quantitative estimate of drug-likeness (QED) is 0.446. The molecule has 6 nitrogen and oxygen atoms in total. The van der Waals surface area contributed by atoms with Gasteiger partial charge in [-0.3, -0.25) is 14.6 Å². The number of aryl methyl sites for hydroxylation is 1. The van der Waals surface area contributed by atoms with Crippen LogP contribution in [0.4, 0.5) is 4.39 Å². The lowest BCUT2D eigenvalue weighted by molar-refractivity contribution is 0.0698. The highest BCUT2D eigenvalue weighted by molar-refractivity contribution is 5.96. The molecule has 0 atom stereocenters. The maximum absolute atomic E-state index is 13.9. The van der Waals surface area contributed by atoms with Crippen LogP contribution in [0.3, 0.4) is 0 Å². The standard InChI is InChI=1S/C30H35FN4O2/c1-22-12-13-27(30(37)35(19-18-33(2)3)21-23-8-5-4-6-9-23)28(32-22)24-14-16-34(17-15-24)29(36)25-10-7-11-26(31)20-25/h4-13,20,24H,14-19,21H2,1-3H3. The summed E-state index contributed by atoms with van der Waals surface area (Å²) in [6, 6.07) is 19.6. The molecule has 2 heterocycles. The number of rotatable bonds is 8. The zero-order chi connectivity index (χ0) is 26.4. The van der Waals surface area contributed by atoms with Gasteiger partial charge in [0.05, 0.1) is 11.3 Å². The van der Waals surface area contributed by atoms with Crippen molar-refractivity contribution in [3.8, 4) is 0 Å². The molecule has 7 heteroatoms. The number of likely N-dealkylation sites (N-methyl/N-ethyl adjacent to an activating group) is 1. The van der Waals surface area contributed by atoms with Crippen LogP contribution >= 0.6 is 0 Å². The molecule has 1 aliphatic rings. The topological polar surface area (TPSA) is 56.8 Å². The van der Waals surface area contributed by atoms with Crippen LogP contribution in [0.2, 0.25) is 0 Å². The minimum Gasteiger partial charge on any atom is -0.339 e. The van der Waals surface area contributed by atoms with Gasteiger partial charge in [-0.15, -0.1) is 0 Å². The molecule has 0 bridgehead atoms. The Morgan fingerprint density at radius 1 is 0.973 bits per heavy atom. The highest BCUT2D eigenvalue weighted by atomic mass is 19.1. The number of halogens is 1. The van der Waals surface area contributed by atoms with Crippen molar-refractivity contribution in [3.63, 3.8) is 0 Å². The molecule has 1 aliphatic heterocycles. The summed E-state index contributed by atoms with van der Waals surface area (Å²) in [5, 5.41) is 0. The average Bonchev–Trinajstić information content (AvgIpc) is 2.91. The van der Waals surface area contributed by atoms with Crippen LogP contribution in [-0.2, 0) is 6.54 Å². The van der Waals surface area contributed by atoms with E-state index >= 15 is 0 Å². The Balaban J connectivity index is 1.52. The number of hydrogen-bond donors (Lipinski definition) is 0. The van der Waals surface area contributed by atoms with E-state index in [9.17, 15) is 14.0 Å². The van der Waals surface area contributed by atoms with Gasteiger partial charge in [0, 0.05) is 49.9 Å². The second-order valence-corrected chi connectivity index (χ2v) is 9.98. The van der Waals surface area contributed by atoms with Crippen molar-refractivity contribution in [2.24, 2.45) is 0 Å². The molecule has 2 aromatic carbocycles. The summed E-state index contributed by atoms with van der Waals surface area (Å²) < 4.78 is 13.6. The fourth-order valence-corrected chi connectivity index (χ4v) is 4.78. The van der Waals surface area contributed by atoms with Crippen LogP contribution in [-0.4, -0.2) is 71.8 Å². The monoisotopic (exact) mass is 502 g/mol. The first-order valence-electron chi connectivity index (χ1n) is 12.8. The molecule has 0 aliphatic carbocycles. The molecule has 0 unspecified atom stereocenters. The molecular formula is C30H35FN4O2. The Bertz CT molecular complexity index is 1220. The molecule has 0 radical (unpaired) electrons. The first kappa shape index (κ1) is 26.5. The Morgan fingerprint density at radius 3 is 2.38 bits per heavy atom. The number of piperidine rings is 1.